The van der Waals surface area contributed by atoms with Gasteiger partial charge in [0, 0.05) is 13.0 Å². The standard InChI is InChI=1S/C25H28N2O7/c1-25(23(30)26-20(12-32-2)22(28)29)14-33-13-21(25)27-24(31)34-11-19-17-9-5-3-7-15(17)16-8-4-6-10-18(16)19/h3-10,19-21H,11-14H2,1-2H3,(H,26,30)(H,27,31)(H,28,29)/t20-,21?,25?/m0/s1. The van der Waals surface area contributed by atoms with Crippen molar-refractivity contribution in [1.82, 2.24) is 10.6 Å². The fourth-order valence-electron chi connectivity index (χ4n) is 4.54. The smallest absolute Gasteiger partial charge is 0.407 e. The number of benzene rings is 2. The molecule has 180 valence electrons. The first-order valence-corrected chi connectivity index (χ1v) is 11.1. The number of fused-ring (bicyclic) bond motifs is 3. The molecule has 2 aromatic rings. The molecule has 0 aromatic heterocycles. The van der Waals surface area contributed by atoms with Crippen LogP contribution in [0.15, 0.2) is 48.5 Å². The van der Waals surface area contributed by atoms with Gasteiger partial charge < -0.3 is 30.0 Å². The van der Waals surface area contributed by atoms with E-state index in [0.29, 0.717) is 0 Å². The number of methoxy groups -OCH3 is 1. The van der Waals surface area contributed by atoms with Gasteiger partial charge in [-0.25, -0.2) is 9.59 Å². The van der Waals surface area contributed by atoms with Crippen LogP contribution >= 0.6 is 0 Å². The second-order valence-electron chi connectivity index (χ2n) is 8.77. The number of hydrogen-bond donors (Lipinski definition) is 3. The minimum atomic E-state index is -1.21. The van der Waals surface area contributed by atoms with Gasteiger partial charge in [0.15, 0.2) is 6.04 Å². The predicted octanol–water partition coefficient (Wildman–Crippen LogP) is 2.15. The number of carboxylic acids is 1. The van der Waals surface area contributed by atoms with Crippen LogP contribution in [0.1, 0.15) is 24.0 Å². The lowest BCUT2D eigenvalue weighted by Crippen LogP contribution is -2.57. The monoisotopic (exact) mass is 468 g/mol. The van der Waals surface area contributed by atoms with Crippen LogP contribution in [-0.2, 0) is 23.8 Å². The zero-order valence-corrected chi connectivity index (χ0v) is 19.1. The van der Waals surface area contributed by atoms with Crippen molar-refractivity contribution in [3.8, 4) is 11.1 Å². The van der Waals surface area contributed by atoms with Crippen LogP contribution in [0.3, 0.4) is 0 Å². The van der Waals surface area contributed by atoms with Crippen molar-refractivity contribution in [1.29, 1.82) is 0 Å². The van der Waals surface area contributed by atoms with Crippen molar-refractivity contribution in [2.45, 2.75) is 24.9 Å². The largest absolute Gasteiger partial charge is 0.480 e. The van der Waals surface area contributed by atoms with E-state index in [0.717, 1.165) is 22.3 Å². The Kier molecular flexibility index (Phi) is 6.85. The maximum absolute atomic E-state index is 12.9. The molecule has 3 atom stereocenters. The number of carboxylic acid groups (broad SMARTS) is 1. The van der Waals surface area contributed by atoms with Gasteiger partial charge in [-0.3, -0.25) is 4.79 Å². The summed E-state index contributed by atoms with van der Waals surface area (Å²) < 4.78 is 15.9. The maximum atomic E-state index is 12.9. The van der Waals surface area contributed by atoms with Gasteiger partial charge in [0.05, 0.1) is 31.3 Å². The van der Waals surface area contributed by atoms with Crippen LogP contribution in [0.4, 0.5) is 4.79 Å². The normalized spacial score (nSPS) is 21.9. The van der Waals surface area contributed by atoms with Gasteiger partial charge >= 0.3 is 12.1 Å². The van der Waals surface area contributed by atoms with E-state index >= 15 is 0 Å². The van der Waals surface area contributed by atoms with E-state index in [2.05, 4.69) is 22.8 Å². The van der Waals surface area contributed by atoms with E-state index in [9.17, 15) is 19.5 Å². The average molecular weight is 469 g/mol. The van der Waals surface area contributed by atoms with E-state index < -0.39 is 35.5 Å². The van der Waals surface area contributed by atoms with E-state index in [4.69, 9.17) is 14.2 Å². The molecule has 0 spiro atoms. The number of carbonyl (C=O) groups is 3. The Morgan fingerprint density at radius 3 is 2.32 bits per heavy atom. The lowest BCUT2D eigenvalue weighted by atomic mass is 9.84. The third-order valence-electron chi connectivity index (χ3n) is 6.55. The Bertz CT molecular complexity index is 1040. The Labute approximate surface area is 197 Å². The predicted molar refractivity (Wildman–Crippen MR) is 122 cm³/mol. The molecular formula is C25H28N2O7. The topological polar surface area (TPSA) is 123 Å². The first kappa shape index (κ1) is 23.7. The summed E-state index contributed by atoms with van der Waals surface area (Å²) in [6.45, 7) is 1.73. The Balaban J connectivity index is 1.40. The van der Waals surface area contributed by atoms with Crippen molar-refractivity contribution in [3.05, 3.63) is 59.7 Å². The third kappa shape index (κ3) is 4.49. The van der Waals surface area contributed by atoms with E-state index in [-0.39, 0.29) is 32.3 Å². The highest BCUT2D eigenvalue weighted by Crippen LogP contribution is 2.44. The highest BCUT2D eigenvalue weighted by Gasteiger charge is 2.48. The molecule has 4 rings (SSSR count). The quantitative estimate of drug-likeness (QED) is 0.542. The molecule has 3 N–H and O–H groups in total. The van der Waals surface area contributed by atoms with Gasteiger partial charge in [-0.2, -0.15) is 0 Å². The van der Waals surface area contributed by atoms with Crippen molar-refractivity contribution in [3.63, 3.8) is 0 Å². The number of amides is 2. The van der Waals surface area contributed by atoms with Crippen molar-refractivity contribution in [2.24, 2.45) is 5.41 Å². The summed E-state index contributed by atoms with van der Waals surface area (Å²) in [6, 6.07) is 14.2. The zero-order valence-electron chi connectivity index (χ0n) is 19.1. The summed E-state index contributed by atoms with van der Waals surface area (Å²) >= 11 is 0. The molecule has 1 aliphatic heterocycles. The molecule has 34 heavy (non-hydrogen) atoms. The van der Waals surface area contributed by atoms with Gasteiger partial charge in [0.2, 0.25) is 5.91 Å². The summed E-state index contributed by atoms with van der Waals surface area (Å²) in [5.74, 6) is -1.84. The Morgan fingerprint density at radius 2 is 1.74 bits per heavy atom. The van der Waals surface area contributed by atoms with Gasteiger partial charge in [-0.05, 0) is 29.2 Å². The van der Waals surface area contributed by atoms with Gasteiger partial charge in [0.1, 0.15) is 6.61 Å². The molecule has 2 aromatic carbocycles. The number of aliphatic carboxylic acids is 1. The molecule has 2 aliphatic rings. The van der Waals surface area contributed by atoms with Crippen LogP contribution < -0.4 is 10.6 Å². The number of alkyl carbamates (subject to hydrolysis) is 1. The molecule has 1 fully saturated rings. The number of ether oxygens (including phenoxy) is 3. The van der Waals surface area contributed by atoms with Crippen LogP contribution in [0.5, 0.6) is 0 Å². The lowest BCUT2D eigenvalue weighted by molar-refractivity contribution is -0.145. The lowest BCUT2D eigenvalue weighted by Gasteiger charge is -2.30. The maximum Gasteiger partial charge on any atom is 0.407 e. The Hall–Kier alpha value is -3.43. The fourth-order valence-corrected chi connectivity index (χ4v) is 4.54. The fraction of sp³-hybridized carbons (Fsp3) is 0.400. The van der Waals surface area contributed by atoms with E-state index in [1.807, 2.05) is 36.4 Å². The minimum absolute atomic E-state index is 0.0342. The van der Waals surface area contributed by atoms with Crippen LogP contribution in [-0.4, -0.2) is 68.7 Å². The molecular weight excluding hydrogens is 440 g/mol. The highest BCUT2D eigenvalue weighted by atomic mass is 16.5. The van der Waals surface area contributed by atoms with Gasteiger partial charge in [-0.15, -0.1) is 0 Å². The molecule has 1 saturated heterocycles. The first-order valence-electron chi connectivity index (χ1n) is 11.1. The second kappa shape index (κ2) is 9.82. The van der Waals surface area contributed by atoms with Crippen LogP contribution in [0.2, 0.25) is 0 Å². The number of hydrogen-bond acceptors (Lipinski definition) is 6. The SMILES string of the molecule is COC[C@H](NC(=O)C1(C)COCC1NC(=O)OCC1c2ccccc2-c2ccccc21)C(=O)O. The van der Waals surface area contributed by atoms with Crippen LogP contribution in [0, 0.1) is 5.41 Å². The summed E-state index contributed by atoms with van der Waals surface area (Å²) in [7, 11) is 1.35. The first-order chi connectivity index (χ1) is 16.3. The summed E-state index contributed by atoms with van der Waals surface area (Å²) in [5.41, 5.74) is 3.30. The van der Waals surface area contributed by atoms with Crippen molar-refractivity contribution < 1.29 is 33.7 Å². The molecule has 0 radical (unpaired) electrons. The zero-order chi connectivity index (χ0) is 24.3. The van der Waals surface area contributed by atoms with Crippen molar-refractivity contribution in [2.75, 3.05) is 33.5 Å². The summed E-state index contributed by atoms with van der Waals surface area (Å²) in [4.78, 5) is 37.0. The highest BCUT2D eigenvalue weighted by molar-refractivity contribution is 5.88. The minimum Gasteiger partial charge on any atom is -0.480 e. The molecule has 2 unspecified atom stereocenters. The molecule has 0 bridgehead atoms. The van der Waals surface area contributed by atoms with Crippen LogP contribution in [0.25, 0.3) is 11.1 Å². The molecule has 9 heteroatoms. The number of rotatable bonds is 8. The summed E-state index contributed by atoms with van der Waals surface area (Å²) in [5, 5.41) is 14.5. The molecule has 0 saturated carbocycles. The average Bonchev–Trinajstić information content (AvgIpc) is 3.36. The second-order valence-corrected chi connectivity index (χ2v) is 8.77. The third-order valence-corrected chi connectivity index (χ3v) is 6.55. The number of nitrogens with one attached hydrogen (secondary N) is 2. The Morgan fingerprint density at radius 1 is 1.12 bits per heavy atom. The molecule has 1 aliphatic carbocycles. The van der Waals surface area contributed by atoms with Gasteiger partial charge in [0.25, 0.3) is 0 Å². The van der Waals surface area contributed by atoms with Crippen molar-refractivity contribution >= 4 is 18.0 Å². The van der Waals surface area contributed by atoms with Gasteiger partial charge in [-0.1, -0.05) is 48.5 Å². The molecule has 9 nitrogen and oxygen atoms in total. The molecule has 1 heterocycles. The van der Waals surface area contributed by atoms with E-state index in [1.54, 1.807) is 6.92 Å². The van der Waals surface area contributed by atoms with E-state index in [1.165, 1.54) is 7.11 Å². The number of carbonyl (C=O) groups excluding carboxylic acids is 2. The molecule has 2 amide bonds. The summed E-state index contributed by atoms with van der Waals surface area (Å²) in [6.07, 6.45) is -0.664.